The zero-order chi connectivity index (χ0) is 7.23. The van der Waals surface area contributed by atoms with Gasteiger partial charge in [0.1, 0.15) is 0 Å². The second-order valence-corrected chi connectivity index (χ2v) is 2.08. The van der Waals surface area contributed by atoms with E-state index in [4.69, 9.17) is 6.92 Å². The highest BCUT2D eigenvalue weighted by Crippen LogP contribution is 2.03. The van der Waals surface area contributed by atoms with Crippen molar-refractivity contribution in [1.29, 1.82) is 0 Å². The molecule has 1 aromatic rings. The van der Waals surface area contributed by atoms with Crippen LogP contribution >= 0.6 is 0 Å². The van der Waals surface area contributed by atoms with E-state index in [0.717, 1.165) is 12.2 Å². The van der Waals surface area contributed by atoms with Gasteiger partial charge >= 0.3 is 0 Å². The van der Waals surface area contributed by atoms with E-state index in [1.807, 2.05) is 30.3 Å². The molecule has 0 saturated carbocycles. The van der Waals surface area contributed by atoms with Gasteiger partial charge in [0, 0.05) is 12.2 Å². The van der Waals surface area contributed by atoms with Crippen molar-refractivity contribution in [2.75, 3.05) is 11.9 Å². The fourth-order valence-corrected chi connectivity index (χ4v) is 0.773. The smallest absolute Gasteiger partial charge is 0.0340 e. The Kier molecular flexibility index (Phi) is 2.81. The number of hydrogen-bond acceptors (Lipinski definition) is 1. The Bertz CT molecular complexity index is 169. The summed E-state index contributed by atoms with van der Waals surface area (Å²) in [4.78, 5) is 0. The largest absolute Gasteiger partial charge is 0.385 e. The van der Waals surface area contributed by atoms with Gasteiger partial charge in [0.05, 0.1) is 0 Å². The number of benzene rings is 1. The molecule has 1 heteroatoms. The van der Waals surface area contributed by atoms with Crippen LogP contribution in [0.15, 0.2) is 30.3 Å². The van der Waals surface area contributed by atoms with Gasteiger partial charge in [-0.3, -0.25) is 0 Å². The number of rotatable bonds is 3. The Labute approximate surface area is 62.1 Å². The van der Waals surface area contributed by atoms with Crippen molar-refractivity contribution < 1.29 is 0 Å². The van der Waals surface area contributed by atoms with Crippen LogP contribution in [0.2, 0.25) is 0 Å². The standard InChI is InChI=1S/C9H11N/c1-2-8-10-9-6-4-3-5-7-9/h1,3-7,10H,2,8H2. The summed E-state index contributed by atoms with van der Waals surface area (Å²) in [6, 6.07) is 10.0. The minimum Gasteiger partial charge on any atom is -0.385 e. The molecule has 1 nitrogen and oxygen atoms in total. The summed E-state index contributed by atoms with van der Waals surface area (Å²) in [6.07, 6.45) is 0.675. The van der Waals surface area contributed by atoms with E-state index in [-0.39, 0.29) is 0 Å². The number of nitrogens with one attached hydrogen (secondary N) is 1. The Morgan fingerprint density at radius 3 is 2.50 bits per heavy atom. The van der Waals surface area contributed by atoms with Gasteiger partial charge < -0.3 is 5.32 Å². The van der Waals surface area contributed by atoms with E-state index >= 15 is 0 Å². The summed E-state index contributed by atoms with van der Waals surface area (Å²) >= 11 is 0. The lowest BCUT2D eigenvalue weighted by molar-refractivity contribution is 1.07. The maximum absolute atomic E-state index is 5.31. The molecule has 0 saturated heterocycles. The molecular formula is C9H11N. The highest BCUT2D eigenvalue weighted by Gasteiger charge is 1.84. The normalized spacial score (nSPS) is 9.30. The van der Waals surface area contributed by atoms with Crippen molar-refractivity contribution in [2.24, 2.45) is 0 Å². The van der Waals surface area contributed by atoms with Crippen LogP contribution in [0.25, 0.3) is 0 Å². The number of anilines is 1. The molecule has 1 rings (SSSR count). The minimum atomic E-state index is 0.675. The topological polar surface area (TPSA) is 12.0 Å². The van der Waals surface area contributed by atoms with Crippen LogP contribution in [0.1, 0.15) is 6.42 Å². The highest BCUT2D eigenvalue weighted by molar-refractivity contribution is 5.42. The second-order valence-electron chi connectivity index (χ2n) is 2.08. The molecule has 0 heterocycles. The molecule has 0 unspecified atom stereocenters. The molecule has 1 aromatic carbocycles. The second kappa shape index (κ2) is 3.94. The molecule has 1 N–H and O–H groups in total. The lowest BCUT2D eigenvalue weighted by Gasteiger charge is -2.01. The zero-order valence-electron chi connectivity index (χ0n) is 5.88. The Hall–Kier alpha value is -0.980. The number of para-hydroxylation sites is 1. The summed E-state index contributed by atoms with van der Waals surface area (Å²) in [6.45, 7) is 6.15. The van der Waals surface area contributed by atoms with Gasteiger partial charge in [-0.05, 0) is 25.5 Å². The van der Waals surface area contributed by atoms with Crippen LogP contribution in [0.4, 0.5) is 5.69 Å². The third-order valence-corrected chi connectivity index (χ3v) is 1.25. The van der Waals surface area contributed by atoms with Crippen LogP contribution < -0.4 is 5.32 Å². The van der Waals surface area contributed by atoms with E-state index in [2.05, 4.69) is 5.32 Å². The summed E-state index contributed by atoms with van der Waals surface area (Å²) in [5.74, 6) is 0. The molecule has 0 atom stereocenters. The van der Waals surface area contributed by atoms with Crippen molar-refractivity contribution in [3.05, 3.63) is 37.3 Å². The van der Waals surface area contributed by atoms with Crippen molar-refractivity contribution >= 4 is 5.69 Å². The summed E-state index contributed by atoms with van der Waals surface area (Å²) in [5.41, 5.74) is 1.13. The molecule has 0 aliphatic carbocycles. The van der Waals surface area contributed by atoms with Gasteiger partial charge in [-0.15, -0.1) is 0 Å². The van der Waals surface area contributed by atoms with E-state index < -0.39 is 0 Å². The third-order valence-electron chi connectivity index (χ3n) is 1.25. The molecular weight excluding hydrogens is 122 g/mol. The molecule has 52 valence electrons. The van der Waals surface area contributed by atoms with Gasteiger partial charge in [-0.2, -0.15) is 0 Å². The summed E-state index contributed by atoms with van der Waals surface area (Å²) < 4.78 is 0. The Balaban J connectivity index is 2.43. The van der Waals surface area contributed by atoms with Gasteiger partial charge in [0.15, 0.2) is 0 Å². The van der Waals surface area contributed by atoms with Gasteiger partial charge in [0.2, 0.25) is 0 Å². The first kappa shape index (κ1) is 7.13. The third kappa shape index (κ3) is 2.09. The van der Waals surface area contributed by atoms with Crippen molar-refractivity contribution in [2.45, 2.75) is 6.42 Å². The van der Waals surface area contributed by atoms with Gasteiger partial charge in [0.25, 0.3) is 0 Å². The predicted octanol–water partition coefficient (Wildman–Crippen LogP) is 2.20. The van der Waals surface area contributed by atoms with Gasteiger partial charge in [-0.25, -0.2) is 0 Å². The Morgan fingerprint density at radius 1 is 1.20 bits per heavy atom. The molecule has 0 bridgehead atoms. The van der Waals surface area contributed by atoms with Crippen LogP contribution in [0.3, 0.4) is 0 Å². The number of hydrogen-bond donors (Lipinski definition) is 1. The van der Waals surface area contributed by atoms with Crippen molar-refractivity contribution in [1.82, 2.24) is 0 Å². The molecule has 10 heavy (non-hydrogen) atoms. The lowest BCUT2D eigenvalue weighted by Crippen LogP contribution is -1.98. The maximum Gasteiger partial charge on any atom is 0.0340 e. The minimum absolute atomic E-state index is 0.675. The van der Waals surface area contributed by atoms with E-state index in [9.17, 15) is 0 Å². The van der Waals surface area contributed by atoms with Crippen LogP contribution in [0, 0.1) is 6.92 Å². The van der Waals surface area contributed by atoms with E-state index in [1.165, 1.54) is 0 Å². The zero-order valence-corrected chi connectivity index (χ0v) is 5.88. The molecule has 0 aliphatic rings. The average molecular weight is 133 g/mol. The SMILES string of the molecule is [CH]CCNc1ccccc1. The Morgan fingerprint density at radius 2 is 1.90 bits per heavy atom. The molecule has 0 aliphatic heterocycles. The molecule has 2 radical (unpaired) electrons. The first-order valence-corrected chi connectivity index (χ1v) is 3.42. The first-order chi connectivity index (χ1) is 4.93. The average Bonchev–Trinajstić information content (AvgIpc) is 2.03. The fourth-order valence-electron chi connectivity index (χ4n) is 0.773. The van der Waals surface area contributed by atoms with E-state index in [0.29, 0.717) is 6.42 Å². The van der Waals surface area contributed by atoms with Crippen molar-refractivity contribution in [3.63, 3.8) is 0 Å². The van der Waals surface area contributed by atoms with Crippen LogP contribution in [0.5, 0.6) is 0 Å². The summed E-state index contributed by atoms with van der Waals surface area (Å²) in [7, 11) is 0. The molecule has 0 aromatic heterocycles. The van der Waals surface area contributed by atoms with Gasteiger partial charge in [-0.1, -0.05) is 18.2 Å². The molecule has 0 spiro atoms. The molecule has 0 fully saturated rings. The highest BCUT2D eigenvalue weighted by atomic mass is 14.9. The van der Waals surface area contributed by atoms with Crippen LogP contribution in [-0.4, -0.2) is 6.54 Å². The molecule has 0 amide bonds. The fraction of sp³-hybridized carbons (Fsp3) is 0.222. The quantitative estimate of drug-likeness (QED) is 0.666. The summed E-state index contributed by atoms with van der Waals surface area (Å²) in [5, 5.41) is 3.17. The van der Waals surface area contributed by atoms with E-state index in [1.54, 1.807) is 0 Å². The maximum atomic E-state index is 5.31. The first-order valence-electron chi connectivity index (χ1n) is 3.42. The predicted molar refractivity (Wildman–Crippen MR) is 43.8 cm³/mol. The lowest BCUT2D eigenvalue weighted by atomic mass is 10.3. The van der Waals surface area contributed by atoms with Crippen molar-refractivity contribution in [3.8, 4) is 0 Å². The van der Waals surface area contributed by atoms with Crippen LogP contribution in [-0.2, 0) is 0 Å². The monoisotopic (exact) mass is 133 g/mol.